The lowest BCUT2D eigenvalue weighted by Gasteiger charge is -2.40. The van der Waals surface area contributed by atoms with E-state index in [0.717, 1.165) is 0 Å². The Morgan fingerprint density at radius 2 is 1.93 bits per heavy atom. The number of carbonyl (C=O) groups is 1. The summed E-state index contributed by atoms with van der Waals surface area (Å²) in [5, 5.41) is 0. The van der Waals surface area contributed by atoms with Crippen LogP contribution in [-0.4, -0.2) is 47.5 Å². The van der Waals surface area contributed by atoms with Gasteiger partial charge in [0.1, 0.15) is 5.60 Å². The number of nitrogens with zero attached hydrogens (tertiary/aromatic N) is 2. The van der Waals surface area contributed by atoms with Crippen LogP contribution in [0, 0.1) is 5.92 Å². The number of pyridine rings is 1. The van der Waals surface area contributed by atoms with Crippen molar-refractivity contribution in [3.63, 3.8) is 0 Å². The molecular formula is C19H25F3N2O4. The Kier molecular flexibility index (Phi) is 5.86. The molecule has 0 aliphatic carbocycles. The van der Waals surface area contributed by atoms with Gasteiger partial charge in [-0.2, -0.15) is 13.2 Å². The quantitative estimate of drug-likeness (QED) is 0.735. The molecule has 2 aliphatic heterocycles. The van der Waals surface area contributed by atoms with E-state index in [4.69, 9.17) is 14.2 Å². The topological polar surface area (TPSA) is 60.9 Å². The lowest BCUT2D eigenvalue weighted by atomic mass is 9.87. The van der Waals surface area contributed by atoms with E-state index in [9.17, 15) is 18.0 Å². The van der Waals surface area contributed by atoms with Crippen LogP contribution in [0.1, 0.15) is 57.2 Å². The van der Waals surface area contributed by atoms with Crippen LogP contribution in [0.2, 0.25) is 0 Å². The number of likely N-dealkylation sites (tertiary alicyclic amines) is 1. The van der Waals surface area contributed by atoms with E-state index in [1.54, 1.807) is 32.9 Å². The molecule has 0 aromatic carbocycles. The van der Waals surface area contributed by atoms with Gasteiger partial charge in [-0.3, -0.25) is 9.88 Å². The van der Waals surface area contributed by atoms with Crippen LogP contribution >= 0.6 is 0 Å². The van der Waals surface area contributed by atoms with E-state index in [1.807, 2.05) is 0 Å². The highest BCUT2D eigenvalue weighted by Crippen LogP contribution is 2.44. The van der Waals surface area contributed by atoms with Gasteiger partial charge < -0.3 is 14.2 Å². The van der Waals surface area contributed by atoms with Crippen LogP contribution in [0.25, 0.3) is 0 Å². The number of piperidine rings is 1. The molecule has 0 N–H and O–H groups in total. The van der Waals surface area contributed by atoms with Crippen LogP contribution in [0.15, 0.2) is 18.3 Å². The molecule has 3 heterocycles. The molecule has 1 amide bonds. The number of ether oxygens (including phenoxy) is 3. The van der Waals surface area contributed by atoms with Crippen molar-refractivity contribution in [3.8, 4) is 0 Å². The standard InChI is InChI=1S/C19H25F3N2O4/c1-18(2,3)28-17(25)24-8-6-12(19(20,21)22)11-14(24)15-13(5-4-7-23-15)16-26-9-10-27-16/h4-5,7,12,14,16H,6,8-11H2,1-3H3. The van der Waals surface area contributed by atoms with E-state index in [1.165, 1.54) is 11.1 Å². The van der Waals surface area contributed by atoms with Crippen molar-refractivity contribution in [2.45, 2.75) is 57.7 Å². The number of aromatic nitrogens is 1. The highest BCUT2D eigenvalue weighted by Gasteiger charge is 2.47. The molecule has 0 saturated carbocycles. The van der Waals surface area contributed by atoms with Crippen LogP contribution in [0.4, 0.5) is 18.0 Å². The summed E-state index contributed by atoms with van der Waals surface area (Å²) in [6.07, 6.45) is -4.64. The molecule has 2 fully saturated rings. The number of halogens is 3. The first kappa shape index (κ1) is 20.9. The number of amides is 1. The van der Waals surface area contributed by atoms with Gasteiger partial charge in [0.25, 0.3) is 0 Å². The molecule has 2 unspecified atom stereocenters. The van der Waals surface area contributed by atoms with Crippen LogP contribution in [-0.2, 0) is 14.2 Å². The largest absolute Gasteiger partial charge is 0.444 e. The van der Waals surface area contributed by atoms with Crippen molar-refractivity contribution in [3.05, 3.63) is 29.6 Å². The second kappa shape index (κ2) is 7.87. The molecule has 2 saturated heterocycles. The molecule has 156 valence electrons. The first-order chi connectivity index (χ1) is 13.1. The lowest BCUT2D eigenvalue weighted by molar-refractivity contribution is -0.189. The third kappa shape index (κ3) is 4.75. The summed E-state index contributed by atoms with van der Waals surface area (Å²) in [5.41, 5.74) is 0.142. The average Bonchev–Trinajstić information content (AvgIpc) is 3.13. The molecular weight excluding hydrogens is 377 g/mol. The van der Waals surface area contributed by atoms with Crippen LogP contribution in [0.3, 0.4) is 0 Å². The lowest BCUT2D eigenvalue weighted by Crippen LogP contribution is -2.46. The Hall–Kier alpha value is -1.87. The van der Waals surface area contributed by atoms with Gasteiger partial charge >= 0.3 is 12.3 Å². The highest BCUT2D eigenvalue weighted by atomic mass is 19.4. The zero-order valence-electron chi connectivity index (χ0n) is 16.2. The molecule has 0 spiro atoms. The molecule has 0 radical (unpaired) electrons. The van der Waals surface area contributed by atoms with Crippen molar-refractivity contribution < 1.29 is 32.2 Å². The summed E-state index contributed by atoms with van der Waals surface area (Å²) in [6.45, 7) is 5.87. The normalized spacial score (nSPS) is 24.4. The zero-order valence-corrected chi connectivity index (χ0v) is 16.2. The van der Waals surface area contributed by atoms with Gasteiger partial charge in [-0.05, 0) is 39.7 Å². The molecule has 6 nitrogen and oxygen atoms in total. The second-order valence-electron chi connectivity index (χ2n) is 8.00. The van der Waals surface area contributed by atoms with E-state index in [0.29, 0.717) is 24.5 Å². The van der Waals surface area contributed by atoms with Gasteiger partial charge in [0.05, 0.1) is 30.9 Å². The molecule has 1 aromatic heterocycles. The molecule has 1 aromatic rings. The second-order valence-corrected chi connectivity index (χ2v) is 8.00. The van der Waals surface area contributed by atoms with Gasteiger partial charge in [-0.15, -0.1) is 0 Å². The number of rotatable bonds is 2. The SMILES string of the molecule is CC(C)(C)OC(=O)N1CCC(C(F)(F)F)CC1c1ncccc1C1OCCO1. The summed E-state index contributed by atoms with van der Waals surface area (Å²) >= 11 is 0. The molecule has 3 rings (SSSR count). The Bertz CT molecular complexity index is 699. The van der Waals surface area contributed by atoms with Gasteiger partial charge in [0.15, 0.2) is 6.29 Å². The summed E-state index contributed by atoms with van der Waals surface area (Å²) in [6, 6.07) is 2.51. The van der Waals surface area contributed by atoms with Gasteiger partial charge in [0.2, 0.25) is 0 Å². The molecule has 0 bridgehead atoms. The van der Waals surface area contributed by atoms with Crippen LogP contribution < -0.4 is 0 Å². The molecule has 2 aliphatic rings. The smallest absolute Gasteiger partial charge is 0.410 e. The fraction of sp³-hybridized carbons (Fsp3) is 0.684. The molecule has 9 heteroatoms. The number of hydrogen-bond donors (Lipinski definition) is 0. The summed E-state index contributed by atoms with van der Waals surface area (Å²) in [4.78, 5) is 18.4. The third-order valence-electron chi connectivity index (χ3n) is 4.76. The molecule has 28 heavy (non-hydrogen) atoms. The Morgan fingerprint density at radius 3 is 2.54 bits per heavy atom. The summed E-state index contributed by atoms with van der Waals surface area (Å²) in [5.74, 6) is -1.52. The van der Waals surface area contributed by atoms with Gasteiger partial charge in [-0.25, -0.2) is 4.79 Å². The molecule has 2 atom stereocenters. The monoisotopic (exact) mass is 402 g/mol. The average molecular weight is 402 g/mol. The van der Waals surface area contributed by atoms with Crippen molar-refractivity contribution in [1.82, 2.24) is 9.88 Å². The van der Waals surface area contributed by atoms with Crippen molar-refractivity contribution in [2.24, 2.45) is 5.92 Å². The maximum Gasteiger partial charge on any atom is 0.410 e. The van der Waals surface area contributed by atoms with Crippen LogP contribution in [0.5, 0.6) is 0 Å². The maximum atomic E-state index is 13.4. The number of alkyl halides is 3. The third-order valence-corrected chi connectivity index (χ3v) is 4.76. The maximum absolute atomic E-state index is 13.4. The first-order valence-corrected chi connectivity index (χ1v) is 9.30. The predicted molar refractivity (Wildman–Crippen MR) is 93.3 cm³/mol. The minimum atomic E-state index is -4.34. The Labute approximate surface area is 162 Å². The van der Waals surface area contributed by atoms with Crippen molar-refractivity contribution >= 4 is 6.09 Å². The minimum absolute atomic E-state index is 0.0633. The van der Waals surface area contributed by atoms with E-state index in [-0.39, 0.29) is 19.4 Å². The fourth-order valence-corrected chi connectivity index (χ4v) is 3.51. The highest BCUT2D eigenvalue weighted by molar-refractivity contribution is 5.69. The fourth-order valence-electron chi connectivity index (χ4n) is 3.51. The van der Waals surface area contributed by atoms with E-state index >= 15 is 0 Å². The van der Waals surface area contributed by atoms with Crippen molar-refractivity contribution in [2.75, 3.05) is 19.8 Å². The zero-order chi connectivity index (χ0) is 20.5. The number of hydrogen-bond acceptors (Lipinski definition) is 5. The van der Waals surface area contributed by atoms with Gasteiger partial charge in [0, 0.05) is 18.3 Å². The number of carbonyl (C=O) groups excluding carboxylic acids is 1. The summed E-state index contributed by atoms with van der Waals surface area (Å²) < 4.78 is 56.8. The van der Waals surface area contributed by atoms with Crippen molar-refractivity contribution in [1.29, 1.82) is 0 Å². The van der Waals surface area contributed by atoms with E-state index < -0.39 is 36.1 Å². The predicted octanol–water partition coefficient (Wildman–Crippen LogP) is 4.38. The van der Waals surface area contributed by atoms with Gasteiger partial charge in [-0.1, -0.05) is 6.07 Å². The first-order valence-electron chi connectivity index (χ1n) is 9.30. The summed E-state index contributed by atoms with van der Waals surface area (Å²) in [7, 11) is 0. The van der Waals surface area contributed by atoms with E-state index in [2.05, 4.69) is 4.98 Å². The minimum Gasteiger partial charge on any atom is -0.444 e. The Balaban J connectivity index is 1.95. The Morgan fingerprint density at radius 1 is 1.25 bits per heavy atom.